The van der Waals surface area contributed by atoms with Crippen LogP contribution in [-0.4, -0.2) is 67.9 Å². The molecule has 3 heterocycles. The zero-order valence-corrected chi connectivity index (χ0v) is 22.3. The third-order valence-electron chi connectivity index (χ3n) is 7.72. The van der Waals surface area contributed by atoms with E-state index >= 15 is 0 Å². The van der Waals surface area contributed by atoms with Crippen LogP contribution in [0.3, 0.4) is 0 Å². The molecule has 1 aromatic heterocycles. The van der Waals surface area contributed by atoms with Gasteiger partial charge < -0.3 is 28.8 Å². The molecule has 6 rings (SSSR count). The summed E-state index contributed by atoms with van der Waals surface area (Å²) in [5.74, 6) is 3.02. The highest BCUT2D eigenvalue weighted by Crippen LogP contribution is 2.37. The Morgan fingerprint density at radius 1 is 0.923 bits per heavy atom. The minimum atomic E-state index is -0.149. The number of piperazine rings is 1. The molecule has 202 valence electrons. The molecule has 1 N–H and O–H groups in total. The van der Waals surface area contributed by atoms with Crippen molar-refractivity contribution < 1.29 is 23.7 Å². The molecule has 2 aliphatic heterocycles. The van der Waals surface area contributed by atoms with Gasteiger partial charge in [-0.1, -0.05) is 24.3 Å². The highest BCUT2D eigenvalue weighted by Gasteiger charge is 2.28. The first-order chi connectivity index (χ1) is 19.1. The number of methoxy groups -OCH3 is 2. The average molecular weight is 528 g/mol. The fourth-order valence-corrected chi connectivity index (χ4v) is 5.58. The van der Waals surface area contributed by atoms with E-state index in [2.05, 4.69) is 28.1 Å². The Hall–Kier alpha value is -4.17. The third-order valence-corrected chi connectivity index (χ3v) is 7.72. The van der Waals surface area contributed by atoms with Gasteiger partial charge in [0.15, 0.2) is 11.5 Å². The lowest BCUT2D eigenvalue weighted by molar-refractivity contribution is -0.133. The Balaban J connectivity index is 1.19. The standard InChI is InChI=1S/C31H33N3O5/c1-36-23-14-22(15-24(16-23)37-2)26(27-18-32-28-6-4-3-5-25(27)28)17-31(35)34-11-9-33(10-12-34)19-21-7-8-29-30(13-21)39-20-38-29/h3-8,13-16,18,26,32H,9-12,17,19-20H2,1-2H3. The van der Waals surface area contributed by atoms with Crippen LogP contribution in [0.15, 0.2) is 66.9 Å². The second-order valence-corrected chi connectivity index (χ2v) is 10.0. The van der Waals surface area contributed by atoms with E-state index in [0.717, 1.165) is 53.2 Å². The maximum absolute atomic E-state index is 13.7. The van der Waals surface area contributed by atoms with Crippen molar-refractivity contribution in [2.75, 3.05) is 47.2 Å². The number of carbonyl (C=O) groups is 1. The van der Waals surface area contributed by atoms with Gasteiger partial charge in [0.2, 0.25) is 12.7 Å². The number of rotatable bonds is 8. The van der Waals surface area contributed by atoms with Gasteiger partial charge in [0.1, 0.15) is 11.5 Å². The van der Waals surface area contributed by atoms with Crippen molar-refractivity contribution in [1.82, 2.24) is 14.8 Å². The number of hydrogen-bond acceptors (Lipinski definition) is 6. The van der Waals surface area contributed by atoms with Crippen molar-refractivity contribution in [3.05, 3.63) is 83.6 Å². The molecule has 1 unspecified atom stereocenters. The Bertz CT molecular complexity index is 1450. The van der Waals surface area contributed by atoms with Gasteiger partial charge in [0, 0.05) is 68.2 Å². The van der Waals surface area contributed by atoms with Crippen molar-refractivity contribution in [1.29, 1.82) is 0 Å². The van der Waals surface area contributed by atoms with Gasteiger partial charge in [-0.25, -0.2) is 0 Å². The number of benzene rings is 3. The fraction of sp³-hybridized carbons (Fsp3) is 0.323. The third kappa shape index (κ3) is 5.25. The number of H-pyrrole nitrogens is 1. The van der Waals surface area contributed by atoms with E-state index in [1.165, 1.54) is 5.56 Å². The molecule has 2 aliphatic rings. The first kappa shape index (κ1) is 25.1. The molecule has 8 heteroatoms. The van der Waals surface area contributed by atoms with E-state index in [1.807, 2.05) is 53.6 Å². The van der Waals surface area contributed by atoms with E-state index in [0.29, 0.717) is 31.0 Å². The summed E-state index contributed by atoms with van der Waals surface area (Å²) in [6.07, 6.45) is 2.39. The number of carbonyl (C=O) groups excluding carboxylic acids is 1. The number of para-hydroxylation sites is 1. The summed E-state index contributed by atoms with van der Waals surface area (Å²) in [5, 5.41) is 1.12. The zero-order valence-electron chi connectivity index (χ0n) is 22.3. The van der Waals surface area contributed by atoms with Crippen LogP contribution in [0.2, 0.25) is 0 Å². The molecule has 0 radical (unpaired) electrons. The summed E-state index contributed by atoms with van der Waals surface area (Å²) in [6, 6.07) is 20.2. The summed E-state index contributed by atoms with van der Waals surface area (Å²) >= 11 is 0. The van der Waals surface area contributed by atoms with E-state index < -0.39 is 0 Å². The zero-order chi connectivity index (χ0) is 26.8. The Morgan fingerprint density at radius 3 is 2.44 bits per heavy atom. The molecule has 0 spiro atoms. The first-order valence-electron chi connectivity index (χ1n) is 13.3. The maximum Gasteiger partial charge on any atom is 0.231 e. The fourth-order valence-electron chi connectivity index (χ4n) is 5.58. The molecule has 1 atom stereocenters. The molecular weight excluding hydrogens is 494 g/mol. The topological polar surface area (TPSA) is 76.3 Å². The van der Waals surface area contributed by atoms with Crippen LogP contribution in [0.5, 0.6) is 23.0 Å². The first-order valence-corrected chi connectivity index (χ1v) is 13.3. The number of nitrogens with one attached hydrogen (secondary N) is 1. The van der Waals surface area contributed by atoms with Gasteiger partial charge in [-0.2, -0.15) is 0 Å². The van der Waals surface area contributed by atoms with Crippen LogP contribution in [-0.2, 0) is 11.3 Å². The van der Waals surface area contributed by atoms with Gasteiger partial charge in [-0.15, -0.1) is 0 Å². The SMILES string of the molecule is COc1cc(OC)cc(C(CC(=O)N2CCN(Cc3ccc4c(c3)OCO4)CC2)c2c[nH]c3ccccc23)c1. The molecule has 1 fully saturated rings. The van der Waals surface area contributed by atoms with Gasteiger partial charge in [-0.05, 0) is 47.0 Å². The molecule has 4 aromatic rings. The molecule has 0 bridgehead atoms. The lowest BCUT2D eigenvalue weighted by Gasteiger charge is -2.35. The molecular formula is C31H33N3O5. The van der Waals surface area contributed by atoms with Crippen LogP contribution in [0.25, 0.3) is 10.9 Å². The minimum Gasteiger partial charge on any atom is -0.497 e. The Labute approximate surface area is 228 Å². The van der Waals surface area contributed by atoms with Crippen molar-refractivity contribution in [3.63, 3.8) is 0 Å². The van der Waals surface area contributed by atoms with Crippen molar-refractivity contribution in [2.24, 2.45) is 0 Å². The number of fused-ring (bicyclic) bond motifs is 2. The molecule has 0 saturated carbocycles. The average Bonchev–Trinajstić information content (AvgIpc) is 3.63. The lowest BCUT2D eigenvalue weighted by atomic mass is 9.87. The predicted molar refractivity (Wildman–Crippen MR) is 149 cm³/mol. The maximum atomic E-state index is 13.7. The number of hydrogen-bond donors (Lipinski definition) is 1. The number of amides is 1. The van der Waals surface area contributed by atoms with Gasteiger partial charge in [0.05, 0.1) is 14.2 Å². The van der Waals surface area contributed by atoms with E-state index in [1.54, 1.807) is 14.2 Å². The van der Waals surface area contributed by atoms with Gasteiger partial charge >= 0.3 is 0 Å². The highest BCUT2D eigenvalue weighted by molar-refractivity contribution is 5.86. The lowest BCUT2D eigenvalue weighted by Crippen LogP contribution is -2.48. The largest absolute Gasteiger partial charge is 0.497 e. The summed E-state index contributed by atoms with van der Waals surface area (Å²) in [7, 11) is 3.29. The second-order valence-electron chi connectivity index (χ2n) is 10.0. The van der Waals surface area contributed by atoms with Crippen molar-refractivity contribution in [2.45, 2.75) is 18.9 Å². The number of nitrogens with zero attached hydrogens (tertiary/aromatic N) is 2. The van der Waals surface area contributed by atoms with Crippen LogP contribution < -0.4 is 18.9 Å². The van der Waals surface area contributed by atoms with Crippen LogP contribution >= 0.6 is 0 Å². The second kappa shape index (κ2) is 10.9. The predicted octanol–water partition coefficient (Wildman–Crippen LogP) is 4.78. The summed E-state index contributed by atoms with van der Waals surface area (Å²) in [6.45, 7) is 4.15. The van der Waals surface area contributed by atoms with E-state index in [9.17, 15) is 4.79 Å². The van der Waals surface area contributed by atoms with E-state index in [-0.39, 0.29) is 18.6 Å². The molecule has 1 amide bonds. The summed E-state index contributed by atoms with van der Waals surface area (Å²) in [5.41, 5.74) is 4.32. The van der Waals surface area contributed by atoms with Crippen LogP contribution in [0, 0.1) is 0 Å². The van der Waals surface area contributed by atoms with Crippen molar-refractivity contribution >= 4 is 16.8 Å². The van der Waals surface area contributed by atoms with Crippen LogP contribution in [0.4, 0.5) is 0 Å². The smallest absolute Gasteiger partial charge is 0.231 e. The molecule has 39 heavy (non-hydrogen) atoms. The Morgan fingerprint density at radius 2 is 1.67 bits per heavy atom. The minimum absolute atomic E-state index is 0.148. The van der Waals surface area contributed by atoms with Gasteiger partial charge in [-0.3, -0.25) is 9.69 Å². The number of aromatic nitrogens is 1. The monoisotopic (exact) mass is 527 g/mol. The van der Waals surface area contributed by atoms with E-state index in [4.69, 9.17) is 18.9 Å². The quantitative estimate of drug-likeness (QED) is 0.356. The molecule has 0 aliphatic carbocycles. The summed E-state index contributed by atoms with van der Waals surface area (Å²) < 4.78 is 22.1. The van der Waals surface area contributed by atoms with Gasteiger partial charge in [0.25, 0.3) is 0 Å². The molecule has 1 saturated heterocycles. The van der Waals surface area contributed by atoms with Crippen LogP contribution in [0.1, 0.15) is 29.0 Å². The highest BCUT2D eigenvalue weighted by atomic mass is 16.7. The molecule has 8 nitrogen and oxygen atoms in total. The normalized spacial score (nSPS) is 15.9. The molecule has 3 aromatic carbocycles. The number of ether oxygens (including phenoxy) is 4. The Kier molecular flexibility index (Phi) is 7.02. The number of aromatic amines is 1. The van der Waals surface area contributed by atoms with Crippen molar-refractivity contribution in [3.8, 4) is 23.0 Å². The summed E-state index contributed by atoms with van der Waals surface area (Å²) in [4.78, 5) is 21.5.